The van der Waals surface area contributed by atoms with Crippen LogP contribution < -0.4 is 4.74 Å². The first-order valence-corrected chi connectivity index (χ1v) is 8.68. The molecule has 1 amide bonds. The van der Waals surface area contributed by atoms with E-state index in [9.17, 15) is 13.6 Å². The molecule has 0 bridgehead atoms. The van der Waals surface area contributed by atoms with Crippen molar-refractivity contribution in [2.45, 2.75) is 33.9 Å². The van der Waals surface area contributed by atoms with Gasteiger partial charge in [0.1, 0.15) is 11.5 Å². The van der Waals surface area contributed by atoms with E-state index in [0.29, 0.717) is 23.7 Å². The fraction of sp³-hybridized carbons (Fsp3) is 0.300. The van der Waals surface area contributed by atoms with E-state index >= 15 is 0 Å². The Morgan fingerprint density at radius 3 is 2.46 bits per heavy atom. The van der Waals surface area contributed by atoms with Crippen molar-refractivity contribution in [3.05, 3.63) is 64.7 Å². The molecule has 6 nitrogen and oxygen atoms in total. The van der Waals surface area contributed by atoms with Crippen LogP contribution in [0.5, 0.6) is 5.75 Å². The smallest absolute Gasteiger partial charge is 0.387 e. The highest BCUT2D eigenvalue weighted by Gasteiger charge is 2.21. The van der Waals surface area contributed by atoms with Gasteiger partial charge in [0.25, 0.3) is 5.91 Å². The van der Waals surface area contributed by atoms with Crippen molar-refractivity contribution < 1.29 is 22.8 Å². The second-order valence-corrected chi connectivity index (χ2v) is 6.60. The van der Waals surface area contributed by atoms with Crippen LogP contribution in [-0.4, -0.2) is 34.2 Å². The SMILES string of the molecule is Cc1cc(-n2c(C)cc(C(=O)N(C)Cc3ccc(OC(F)F)cc3)c2C)no1. The third-order valence-electron chi connectivity index (χ3n) is 4.42. The number of alkyl halides is 2. The van der Waals surface area contributed by atoms with Crippen molar-refractivity contribution in [2.75, 3.05) is 7.05 Å². The highest BCUT2D eigenvalue weighted by atomic mass is 19.3. The van der Waals surface area contributed by atoms with Crippen LogP contribution >= 0.6 is 0 Å². The summed E-state index contributed by atoms with van der Waals surface area (Å²) in [5.41, 5.74) is 3.01. The van der Waals surface area contributed by atoms with E-state index < -0.39 is 6.61 Å². The molecule has 0 atom stereocenters. The summed E-state index contributed by atoms with van der Waals surface area (Å²) in [6, 6.07) is 9.85. The highest BCUT2D eigenvalue weighted by Crippen LogP contribution is 2.23. The van der Waals surface area contributed by atoms with E-state index in [2.05, 4.69) is 9.89 Å². The van der Waals surface area contributed by atoms with Gasteiger partial charge < -0.3 is 14.2 Å². The maximum atomic E-state index is 12.9. The number of hydrogen-bond donors (Lipinski definition) is 0. The zero-order valence-corrected chi connectivity index (χ0v) is 16.1. The Hall–Kier alpha value is -3.16. The third-order valence-corrected chi connectivity index (χ3v) is 4.42. The summed E-state index contributed by atoms with van der Waals surface area (Å²) in [5.74, 6) is 1.25. The van der Waals surface area contributed by atoms with Crippen molar-refractivity contribution in [1.29, 1.82) is 0 Å². The summed E-state index contributed by atoms with van der Waals surface area (Å²) in [4.78, 5) is 14.5. The summed E-state index contributed by atoms with van der Waals surface area (Å²) in [7, 11) is 1.69. The molecule has 3 rings (SSSR count). The molecule has 0 saturated carbocycles. The molecule has 0 aliphatic carbocycles. The molecule has 0 fully saturated rings. The maximum Gasteiger partial charge on any atom is 0.387 e. The van der Waals surface area contributed by atoms with Crippen LogP contribution in [0.2, 0.25) is 0 Å². The molecule has 0 saturated heterocycles. The lowest BCUT2D eigenvalue weighted by molar-refractivity contribution is -0.0498. The summed E-state index contributed by atoms with van der Waals surface area (Å²) in [6.45, 7) is 3.03. The molecule has 28 heavy (non-hydrogen) atoms. The van der Waals surface area contributed by atoms with Gasteiger partial charge in [-0.15, -0.1) is 0 Å². The molecule has 0 aliphatic rings. The van der Waals surface area contributed by atoms with Crippen LogP contribution in [0, 0.1) is 20.8 Å². The fourth-order valence-electron chi connectivity index (χ4n) is 3.12. The number of hydrogen-bond acceptors (Lipinski definition) is 4. The molecular weight excluding hydrogens is 368 g/mol. The lowest BCUT2D eigenvalue weighted by atomic mass is 10.1. The molecule has 148 valence electrons. The van der Waals surface area contributed by atoms with Crippen molar-refractivity contribution in [1.82, 2.24) is 14.6 Å². The molecule has 1 aromatic carbocycles. The number of aromatic nitrogens is 2. The van der Waals surface area contributed by atoms with Crippen LogP contribution in [0.3, 0.4) is 0 Å². The molecule has 0 unspecified atom stereocenters. The molecule has 0 radical (unpaired) electrons. The normalized spacial score (nSPS) is 11.1. The molecule has 0 N–H and O–H groups in total. The van der Waals surface area contributed by atoms with Gasteiger partial charge in [0.05, 0.1) is 5.56 Å². The van der Waals surface area contributed by atoms with E-state index in [-0.39, 0.29) is 11.7 Å². The van der Waals surface area contributed by atoms with Gasteiger partial charge in [-0.2, -0.15) is 8.78 Å². The van der Waals surface area contributed by atoms with Crippen LogP contribution in [-0.2, 0) is 6.54 Å². The van der Waals surface area contributed by atoms with Gasteiger partial charge in [0.15, 0.2) is 5.82 Å². The van der Waals surface area contributed by atoms with Crippen molar-refractivity contribution in [3.8, 4) is 11.6 Å². The van der Waals surface area contributed by atoms with E-state index in [1.807, 2.05) is 31.4 Å². The number of halogens is 2. The number of carbonyl (C=O) groups is 1. The van der Waals surface area contributed by atoms with Crippen molar-refractivity contribution in [3.63, 3.8) is 0 Å². The highest BCUT2D eigenvalue weighted by molar-refractivity contribution is 5.95. The van der Waals surface area contributed by atoms with Crippen LogP contribution in [0.1, 0.15) is 33.1 Å². The Bertz CT molecular complexity index is 977. The summed E-state index contributed by atoms with van der Waals surface area (Å²) >= 11 is 0. The summed E-state index contributed by atoms with van der Waals surface area (Å²) in [6.07, 6.45) is 0. The van der Waals surface area contributed by atoms with E-state index in [0.717, 1.165) is 17.0 Å². The second kappa shape index (κ2) is 7.84. The van der Waals surface area contributed by atoms with Gasteiger partial charge in [0, 0.05) is 31.0 Å². The first kappa shape index (κ1) is 19.6. The lowest BCUT2D eigenvalue weighted by Gasteiger charge is -2.18. The predicted molar refractivity (Wildman–Crippen MR) is 98.9 cm³/mol. The minimum absolute atomic E-state index is 0.0826. The minimum Gasteiger partial charge on any atom is -0.435 e. The Morgan fingerprint density at radius 2 is 1.89 bits per heavy atom. The molecular formula is C20H21F2N3O3. The minimum atomic E-state index is -2.86. The molecule has 2 aromatic heterocycles. The Morgan fingerprint density at radius 1 is 1.21 bits per heavy atom. The number of aryl methyl sites for hydroxylation is 2. The van der Waals surface area contributed by atoms with Gasteiger partial charge in [-0.1, -0.05) is 17.3 Å². The van der Waals surface area contributed by atoms with E-state index in [4.69, 9.17) is 4.52 Å². The summed E-state index contributed by atoms with van der Waals surface area (Å²) < 4.78 is 35.8. The Kier molecular flexibility index (Phi) is 5.48. The van der Waals surface area contributed by atoms with Gasteiger partial charge >= 0.3 is 6.61 Å². The maximum absolute atomic E-state index is 12.9. The van der Waals surface area contributed by atoms with Crippen molar-refractivity contribution >= 4 is 5.91 Å². The van der Waals surface area contributed by atoms with Crippen LogP contribution in [0.25, 0.3) is 5.82 Å². The van der Waals surface area contributed by atoms with Crippen molar-refractivity contribution in [2.24, 2.45) is 0 Å². The average molecular weight is 389 g/mol. The molecule has 2 heterocycles. The topological polar surface area (TPSA) is 60.5 Å². The van der Waals surface area contributed by atoms with Gasteiger partial charge in [0.2, 0.25) is 0 Å². The Labute approximate surface area is 161 Å². The number of nitrogens with zero attached hydrogens (tertiary/aromatic N) is 3. The number of benzene rings is 1. The average Bonchev–Trinajstić information content (AvgIpc) is 3.18. The number of ether oxygens (including phenoxy) is 1. The summed E-state index contributed by atoms with van der Waals surface area (Å²) in [5, 5.41) is 4.02. The van der Waals surface area contributed by atoms with Gasteiger partial charge in [-0.25, -0.2) is 0 Å². The van der Waals surface area contributed by atoms with Gasteiger partial charge in [-0.05, 0) is 44.5 Å². The largest absolute Gasteiger partial charge is 0.435 e. The number of carbonyl (C=O) groups excluding carboxylic acids is 1. The van der Waals surface area contributed by atoms with E-state index in [1.54, 1.807) is 30.1 Å². The molecule has 8 heteroatoms. The quantitative estimate of drug-likeness (QED) is 0.632. The predicted octanol–water partition coefficient (Wildman–Crippen LogP) is 4.26. The molecule has 0 aliphatic heterocycles. The number of rotatable bonds is 6. The number of amides is 1. The molecule has 0 spiro atoms. The van der Waals surface area contributed by atoms with E-state index in [1.165, 1.54) is 12.1 Å². The lowest BCUT2D eigenvalue weighted by Crippen LogP contribution is -2.26. The first-order valence-electron chi connectivity index (χ1n) is 8.68. The van der Waals surface area contributed by atoms with Crippen LogP contribution in [0.15, 0.2) is 40.9 Å². The monoisotopic (exact) mass is 389 g/mol. The zero-order valence-electron chi connectivity index (χ0n) is 16.1. The van der Waals surface area contributed by atoms with Crippen LogP contribution in [0.4, 0.5) is 8.78 Å². The fourth-order valence-corrected chi connectivity index (χ4v) is 3.12. The standard InChI is InChI=1S/C20H21F2N3O3/c1-12-9-17(14(3)25(12)18-10-13(2)28-23-18)19(26)24(4)11-15-5-7-16(8-6-15)27-20(21)22/h5-10,20H,11H2,1-4H3. The molecule has 3 aromatic rings. The van der Waals surface area contributed by atoms with Gasteiger partial charge in [-0.3, -0.25) is 9.36 Å². The third kappa shape index (κ3) is 4.05. The Balaban J connectivity index is 1.76. The second-order valence-electron chi connectivity index (χ2n) is 6.60. The zero-order chi connectivity index (χ0) is 20.4. The first-order chi connectivity index (χ1) is 13.3.